The van der Waals surface area contributed by atoms with E-state index in [1.807, 2.05) is 36.6 Å². The van der Waals surface area contributed by atoms with Gasteiger partial charge in [-0.2, -0.15) is 0 Å². The zero-order valence-corrected chi connectivity index (χ0v) is 13.6. The normalized spacial score (nSPS) is 11.0. The number of thiophene rings is 1. The van der Waals surface area contributed by atoms with Gasteiger partial charge in [0.1, 0.15) is 21.7 Å². The minimum atomic E-state index is -1.00. The van der Waals surface area contributed by atoms with E-state index in [2.05, 4.69) is 4.98 Å². The van der Waals surface area contributed by atoms with Crippen LogP contribution in [0, 0.1) is 12.3 Å². The summed E-state index contributed by atoms with van der Waals surface area (Å²) in [5.74, 6) is -0.407. The lowest BCUT2D eigenvalue weighted by Crippen LogP contribution is -2.22. The molecule has 0 aliphatic carbocycles. The summed E-state index contributed by atoms with van der Waals surface area (Å²) in [5.41, 5.74) is 1.51. The van der Waals surface area contributed by atoms with Crippen molar-refractivity contribution in [2.75, 3.05) is 6.26 Å². The molecule has 0 aliphatic rings. The molecule has 0 bridgehead atoms. The molecule has 0 aliphatic heterocycles. The van der Waals surface area contributed by atoms with Gasteiger partial charge in [0.25, 0.3) is 0 Å². The number of carboxylic acid groups (broad SMARTS) is 1. The number of benzene rings is 1. The van der Waals surface area contributed by atoms with Crippen LogP contribution in [0.2, 0.25) is 0 Å². The number of rotatable bonds is 3. The van der Waals surface area contributed by atoms with E-state index in [0.29, 0.717) is 16.7 Å². The molecule has 112 valence electrons. The van der Waals surface area contributed by atoms with Crippen LogP contribution >= 0.6 is 23.1 Å². The van der Waals surface area contributed by atoms with Crippen LogP contribution in [0.3, 0.4) is 0 Å². The molecule has 0 atom stereocenters. The third kappa shape index (κ3) is 2.22. The second kappa shape index (κ2) is 5.58. The highest BCUT2D eigenvalue weighted by Gasteiger charge is 2.21. The highest BCUT2D eigenvalue weighted by molar-refractivity contribution is 8.00. The number of hydrogen-bond donors (Lipinski definition) is 2. The van der Waals surface area contributed by atoms with E-state index in [4.69, 9.17) is 5.41 Å². The van der Waals surface area contributed by atoms with Crippen LogP contribution in [0.1, 0.15) is 15.5 Å². The van der Waals surface area contributed by atoms with Gasteiger partial charge in [-0.15, -0.1) is 23.1 Å². The number of fused-ring (bicyclic) bond motifs is 1. The monoisotopic (exact) mass is 331 g/mol. The number of nitrogens with zero attached hydrogens (tertiary/aromatic N) is 2. The molecule has 0 fully saturated rings. The van der Waals surface area contributed by atoms with Gasteiger partial charge in [0, 0.05) is 5.69 Å². The van der Waals surface area contributed by atoms with Crippen molar-refractivity contribution in [2.45, 2.75) is 11.1 Å². The van der Waals surface area contributed by atoms with Crippen LogP contribution in [0.15, 0.2) is 34.5 Å². The fourth-order valence-corrected chi connectivity index (χ4v) is 4.18. The number of aromatic nitrogens is 2. The summed E-state index contributed by atoms with van der Waals surface area (Å²) < 4.78 is 2.54. The van der Waals surface area contributed by atoms with Gasteiger partial charge in [-0.05, 0) is 25.3 Å². The molecule has 22 heavy (non-hydrogen) atoms. The van der Waals surface area contributed by atoms with Crippen LogP contribution in [0.4, 0.5) is 0 Å². The third-order valence-electron chi connectivity index (χ3n) is 3.30. The Morgan fingerprint density at radius 1 is 1.36 bits per heavy atom. The number of aryl methyl sites for hydroxylation is 1. The molecule has 2 N–H and O–H groups in total. The van der Waals surface area contributed by atoms with Crippen molar-refractivity contribution < 1.29 is 9.90 Å². The van der Waals surface area contributed by atoms with Crippen LogP contribution in [0.5, 0.6) is 0 Å². The summed E-state index contributed by atoms with van der Waals surface area (Å²) in [7, 11) is 0. The minimum absolute atomic E-state index is 0.191. The molecule has 2 aromatic heterocycles. The Labute approximate surface area is 134 Å². The number of nitrogens with one attached hydrogen (secondary N) is 1. The zero-order valence-electron chi connectivity index (χ0n) is 12.0. The molecular formula is C15H13N3O2S2. The van der Waals surface area contributed by atoms with Crippen molar-refractivity contribution >= 4 is 40.0 Å². The fraction of sp³-hybridized carbons (Fsp3) is 0.133. The Hall–Kier alpha value is -2.12. The van der Waals surface area contributed by atoms with Crippen molar-refractivity contribution in [3.05, 3.63) is 46.5 Å². The average Bonchev–Trinajstić information content (AvgIpc) is 2.87. The first-order valence-electron chi connectivity index (χ1n) is 6.48. The molecule has 0 amide bonds. The average molecular weight is 331 g/mol. The van der Waals surface area contributed by atoms with Crippen LogP contribution in [-0.2, 0) is 0 Å². The Morgan fingerprint density at radius 2 is 2.05 bits per heavy atom. The molecule has 0 saturated heterocycles. The maximum Gasteiger partial charge on any atom is 0.348 e. The topological polar surface area (TPSA) is 79.0 Å². The van der Waals surface area contributed by atoms with Crippen LogP contribution < -0.4 is 5.49 Å². The van der Waals surface area contributed by atoms with Gasteiger partial charge in [-0.25, -0.2) is 9.78 Å². The van der Waals surface area contributed by atoms with E-state index in [9.17, 15) is 9.90 Å². The van der Waals surface area contributed by atoms with Gasteiger partial charge in [0.2, 0.25) is 0 Å². The zero-order chi connectivity index (χ0) is 15.9. The number of para-hydroxylation sites is 1. The predicted octanol–water partition coefficient (Wildman–Crippen LogP) is 3.29. The second-order valence-electron chi connectivity index (χ2n) is 4.63. The highest BCUT2D eigenvalue weighted by atomic mass is 32.2. The molecular weight excluding hydrogens is 318 g/mol. The lowest BCUT2D eigenvalue weighted by atomic mass is 10.2. The van der Waals surface area contributed by atoms with Crippen LogP contribution in [-0.4, -0.2) is 26.9 Å². The van der Waals surface area contributed by atoms with Gasteiger partial charge in [0.15, 0.2) is 0 Å². The first-order valence-corrected chi connectivity index (χ1v) is 8.52. The molecule has 3 rings (SSSR count). The fourth-order valence-electron chi connectivity index (χ4n) is 2.38. The Bertz CT molecular complexity index is 929. The number of thioether (sulfide) groups is 1. The first kappa shape index (κ1) is 14.8. The lowest BCUT2D eigenvalue weighted by Gasteiger charge is -2.11. The quantitative estimate of drug-likeness (QED) is 0.722. The highest BCUT2D eigenvalue weighted by Crippen LogP contribution is 2.34. The maximum atomic E-state index is 11.4. The van der Waals surface area contributed by atoms with E-state index in [1.165, 1.54) is 23.1 Å². The van der Waals surface area contributed by atoms with E-state index in [1.54, 1.807) is 11.5 Å². The van der Waals surface area contributed by atoms with Crippen LogP contribution in [0.25, 0.3) is 16.6 Å². The number of carboxylic acids is 1. The summed E-state index contributed by atoms with van der Waals surface area (Å²) in [6, 6.07) is 9.52. The standard InChI is InChI=1S/C15H13N3O2S2/c1-8-17-11-10(15(21-2)22-12(11)14(19)20)13(16)18(8)9-6-4-3-5-7-9/h3-7,16H,1-2H3,(H,19,20). The van der Waals surface area contributed by atoms with E-state index < -0.39 is 5.97 Å². The van der Waals surface area contributed by atoms with Gasteiger partial charge in [0.05, 0.1) is 9.60 Å². The molecule has 0 saturated carbocycles. The van der Waals surface area contributed by atoms with Crippen molar-refractivity contribution in [1.29, 1.82) is 5.41 Å². The summed E-state index contributed by atoms with van der Waals surface area (Å²) in [6.45, 7) is 1.78. The van der Waals surface area contributed by atoms with Crippen molar-refractivity contribution in [3.8, 4) is 5.69 Å². The predicted molar refractivity (Wildman–Crippen MR) is 88.3 cm³/mol. The Morgan fingerprint density at radius 3 is 2.64 bits per heavy atom. The molecule has 2 heterocycles. The molecule has 0 radical (unpaired) electrons. The first-order chi connectivity index (χ1) is 10.5. The van der Waals surface area contributed by atoms with E-state index in [0.717, 1.165) is 9.90 Å². The summed E-state index contributed by atoms with van der Waals surface area (Å²) >= 11 is 2.62. The molecule has 3 aromatic rings. The number of aromatic carboxylic acids is 1. The smallest absolute Gasteiger partial charge is 0.348 e. The number of carbonyl (C=O) groups is 1. The summed E-state index contributed by atoms with van der Waals surface area (Å²) in [6.07, 6.45) is 1.88. The Kier molecular flexibility index (Phi) is 3.76. The SMILES string of the molecule is CSc1sc(C(=O)O)c2nc(C)n(-c3ccccc3)c(=N)c12. The van der Waals surface area contributed by atoms with Crippen molar-refractivity contribution in [3.63, 3.8) is 0 Å². The maximum absolute atomic E-state index is 11.4. The van der Waals surface area contributed by atoms with Crippen molar-refractivity contribution in [2.24, 2.45) is 0 Å². The lowest BCUT2D eigenvalue weighted by molar-refractivity contribution is 0.0704. The molecule has 7 heteroatoms. The minimum Gasteiger partial charge on any atom is -0.477 e. The Balaban J connectivity index is 2.44. The number of hydrogen-bond acceptors (Lipinski definition) is 5. The second-order valence-corrected chi connectivity index (χ2v) is 6.73. The van der Waals surface area contributed by atoms with E-state index >= 15 is 0 Å². The molecule has 0 spiro atoms. The summed E-state index contributed by atoms with van der Waals surface area (Å²) in [4.78, 5) is 16.1. The van der Waals surface area contributed by atoms with E-state index in [-0.39, 0.29) is 10.4 Å². The third-order valence-corrected chi connectivity index (χ3v) is 5.59. The van der Waals surface area contributed by atoms with Crippen molar-refractivity contribution in [1.82, 2.24) is 9.55 Å². The van der Waals surface area contributed by atoms with Gasteiger partial charge < -0.3 is 5.11 Å². The van der Waals surface area contributed by atoms with Gasteiger partial charge in [-0.3, -0.25) is 9.98 Å². The molecule has 1 aromatic carbocycles. The largest absolute Gasteiger partial charge is 0.477 e. The molecule has 0 unspecified atom stereocenters. The summed E-state index contributed by atoms with van der Waals surface area (Å²) in [5, 5.41) is 18.5. The molecule has 5 nitrogen and oxygen atoms in total. The van der Waals surface area contributed by atoms with Gasteiger partial charge in [-0.1, -0.05) is 18.2 Å². The van der Waals surface area contributed by atoms with Gasteiger partial charge >= 0.3 is 5.97 Å².